The van der Waals surface area contributed by atoms with Gasteiger partial charge in [-0.3, -0.25) is 23.9 Å². The molecular weight excluding hydrogens is 396 g/mol. The van der Waals surface area contributed by atoms with E-state index in [1.54, 1.807) is 12.1 Å². The Morgan fingerprint density at radius 3 is 2.68 bits per heavy atom. The van der Waals surface area contributed by atoms with Crippen molar-refractivity contribution in [2.75, 3.05) is 38.1 Å². The topological polar surface area (TPSA) is 122 Å². The molecule has 4 rings (SSSR count). The first kappa shape index (κ1) is 20.6. The number of piperazine rings is 1. The minimum Gasteiger partial charge on any atom is -0.367 e. The summed E-state index contributed by atoms with van der Waals surface area (Å²) in [5, 5.41) is 12.0. The fourth-order valence-corrected chi connectivity index (χ4v) is 3.79. The number of fused-ring (bicyclic) bond motifs is 1. The molecule has 1 aliphatic heterocycles. The molecule has 31 heavy (non-hydrogen) atoms. The number of nitriles is 1. The van der Waals surface area contributed by atoms with Crippen molar-refractivity contribution in [3.05, 3.63) is 57.5 Å². The molecule has 0 unspecified atom stereocenters. The van der Waals surface area contributed by atoms with Crippen molar-refractivity contribution in [2.45, 2.75) is 19.9 Å². The first-order chi connectivity index (χ1) is 15.0. The molecule has 10 nitrogen and oxygen atoms in total. The van der Waals surface area contributed by atoms with Crippen molar-refractivity contribution in [1.29, 1.82) is 5.26 Å². The number of amides is 1. The van der Waals surface area contributed by atoms with Crippen LogP contribution in [-0.2, 0) is 13.0 Å². The van der Waals surface area contributed by atoms with E-state index in [9.17, 15) is 14.9 Å². The Bertz CT molecular complexity index is 1210. The van der Waals surface area contributed by atoms with E-state index in [1.807, 2.05) is 23.7 Å². The molecule has 1 amide bonds. The molecule has 1 saturated heterocycles. The minimum atomic E-state index is -0.312. The molecule has 0 spiro atoms. The zero-order valence-corrected chi connectivity index (χ0v) is 17.6. The third-order valence-corrected chi connectivity index (χ3v) is 5.51. The molecule has 1 fully saturated rings. The van der Waals surface area contributed by atoms with Crippen LogP contribution in [0.25, 0.3) is 5.78 Å². The maximum absolute atomic E-state index is 12.0. The summed E-state index contributed by atoms with van der Waals surface area (Å²) in [6.45, 7) is 5.70. The van der Waals surface area contributed by atoms with Crippen LogP contribution in [0.3, 0.4) is 0 Å². The Balaban J connectivity index is 1.43. The van der Waals surface area contributed by atoms with Gasteiger partial charge in [0.05, 0.1) is 11.4 Å². The van der Waals surface area contributed by atoms with Gasteiger partial charge < -0.3 is 10.2 Å². The number of H-pyrrole nitrogens is 1. The van der Waals surface area contributed by atoms with Gasteiger partial charge in [0, 0.05) is 57.7 Å². The maximum Gasteiger partial charge on any atom is 0.269 e. The predicted molar refractivity (Wildman–Crippen MR) is 115 cm³/mol. The third-order valence-electron chi connectivity index (χ3n) is 5.51. The van der Waals surface area contributed by atoms with Gasteiger partial charge in [0.2, 0.25) is 5.78 Å². The monoisotopic (exact) mass is 420 g/mol. The standard InChI is InChI=1S/C21H24N8O2/c1-3-14-11-29-13-15(24-21(29)26-19(14)30)12-27-6-8-28(9-7-27)18-5-4-16(20(31)23-2)25-17(18)10-22/h4-5,11,13H,3,6-9,12H2,1-2H3,(H,23,31)(H,24,26,30). The molecular formula is C21H24N8O2. The van der Waals surface area contributed by atoms with Gasteiger partial charge in [-0.05, 0) is 18.6 Å². The van der Waals surface area contributed by atoms with Crippen LogP contribution in [0.2, 0.25) is 0 Å². The van der Waals surface area contributed by atoms with Crippen LogP contribution in [0, 0.1) is 11.3 Å². The largest absolute Gasteiger partial charge is 0.367 e. The summed E-state index contributed by atoms with van der Waals surface area (Å²) in [6, 6.07) is 5.53. The molecule has 0 saturated carbocycles. The summed E-state index contributed by atoms with van der Waals surface area (Å²) in [5.41, 5.74) is 2.77. The quantitative estimate of drug-likeness (QED) is 0.617. The van der Waals surface area contributed by atoms with Gasteiger partial charge in [-0.2, -0.15) is 5.26 Å². The van der Waals surface area contributed by atoms with Crippen molar-refractivity contribution < 1.29 is 4.79 Å². The Morgan fingerprint density at radius 2 is 2.00 bits per heavy atom. The van der Waals surface area contributed by atoms with Gasteiger partial charge in [0.1, 0.15) is 11.8 Å². The van der Waals surface area contributed by atoms with Crippen molar-refractivity contribution in [3.8, 4) is 6.07 Å². The summed E-state index contributed by atoms with van der Waals surface area (Å²) in [7, 11) is 1.53. The number of hydrogen-bond acceptors (Lipinski definition) is 7. The number of carbonyl (C=O) groups is 1. The van der Waals surface area contributed by atoms with E-state index in [1.165, 1.54) is 7.05 Å². The fraction of sp³-hybridized carbons (Fsp3) is 0.381. The average molecular weight is 420 g/mol. The number of aromatic amines is 1. The van der Waals surface area contributed by atoms with Gasteiger partial charge in [0.15, 0.2) is 5.69 Å². The lowest BCUT2D eigenvalue weighted by Crippen LogP contribution is -2.46. The number of aryl methyl sites for hydroxylation is 1. The van der Waals surface area contributed by atoms with Crippen LogP contribution in [0.4, 0.5) is 5.69 Å². The normalized spacial score (nSPS) is 14.5. The molecule has 3 aromatic heterocycles. The second-order valence-corrected chi connectivity index (χ2v) is 7.44. The number of imidazole rings is 1. The Hall–Kier alpha value is -3.71. The SMILES string of the molecule is CCc1cn2cc(CN3CCN(c4ccc(C(=O)NC)nc4C#N)CC3)nc2[nH]c1=O. The number of nitrogens with zero attached hydrogens (tertiary/aromatic N) is 6. The predicted octanol–water partition coefficient (Wildman–Crippen LogP) is 0.533. The molecule has 0 atom stereocenters. The van der Waals surface area contributed by atoms with E-state index in [4.69, 9.17) is 0 Å². The minimum absolute atomic E-state index is 0.0925. The zero-order chi connectivity index (χ0) is 22.0. The number of anilines is 1. The zero-order valence-electron chi connectivity index (χ0n) is 17.6. The summed E-state index contributed by atoms with van der Waals surface area (Å²) in [6.07, 6.45) is 4.46. The molecule has 3 aromatic rings. The molecule has 0 aromatic carbocycles. The van der Waals surface area contributed by atoms with Crippen molar-refractivity contribution in [3.63, 3.8) is 0 Å². The lowest BCUT2D eigenvalue weighted by Gasteiger charge is -2.35. The number of hydrogen-bond donors (Lipinski definition) is 2. The summed E-state index contributed by atoms with van der Waals surface area (Å²) >= 11 is 0. The molecule has 4 heterocycles. The van der Waals surface area contributed by atoms with Crippen LogP contribution >= 0.6 is 0 Å². The van der Waals surface area contributed by atoms with E-state index in [0.29, 0.717) is 18.7 Å². The van der Waals surface area contributed by atoms with E-state index in [0.717, 1.165) is 43.1 Å². The number of nitrogens with one attached hydrogen (secondary N) is 2. The van der Waals surface area contributed by atoms with Crippen LogP contribution in [0.1, 0.15) is 34.4 Å². The Labute approximate surface area is 179 Å². The van der Waals surface area contributed by atoms with Crippen molar-refractivity contribution in [1.82, 2.24) is 29.6 Å². The fourth-order valence-electron chi connectivity index (χ4n) is 3.79. The second-order valence-electron chi connectivity index (χ2n) is 7.44. The molecule has 10 heteroatoms. The highest BCUT2D eigenvalue weighted by Gasteiger charge is 2.22. The van der Waals surface area contributed by atoms with Gasteiger partial charge in [-0.15, -0.1) is 0 Å². The first-order valence-electron chi connectivity index (χ1n) is 10.2. The maximum atomic E-state index is 12.0. The highest BCUT2D eigenvalue weighted by molar-refractivity contribution is 5.92. The van der Waals surface area contributed by atoms with Gasteiger partial charge in [-0.1, -0.05) is 6.92 Å². The Morgan fingerprint density at radius 1 is 1.23 bits per heavy atom. The molecule has 1 aliphatic rings. The van der Waals surface area contributed by atoms with E-state index < -0.39 is 0 Å². The van der Waals surface area contributed by atoms with Crippen LogP contribution in [0.5, 0.6) is 0 Å². The van der Waals surface area contributed by atoms with Crippen LogP contribution in [0.15, 0.2) is 29.3 Å². The highest BCUT2D eigenvalue weighted by Crippen LogP contribution is 2.21. The third kappa shape index (κ3) is 4.13. The molecule has 0 aliphatic carbocycles. The number of rotatable bonds is 5. The highest BCUT2D eigenvalue weighted by atomic mass is 16.1. The van der Waals surface area contributed by atoms with E-state index in [2.05, 4.69) is 36.1 Å². The average Bonchev–Trinajstić information content (AvgIpc) is 3.18. The summed E-state index contributed by atoms with van der Waals surface area (Å²) in [5.74, 6) is 0.240. The lowest BCUT2D eigenvalue weighted by molar-refractivity contribution is 0.0958. The summed E-state index contributed by atoms with van der Waals surface area (Å²) < 4.78 is 1.87. The molecule has 0 bridgehead atoms. The van der Waals surface area contributed by atoms with Crippen molar-refractivity contribution >= 4 is 17.4 Å². The summed E-state index contributed by atoms with van der Waals surface area (Å²) in [4.78, 5) is 39.7. The van der Waals surface area contributed by atoms with Gasteiger partial charge in [-0.25, -0.2) is 9.97 Å². The van der Waals surface area contributed by atoms with E-state index >= 15 is 0 Å². The number of carbonyl (C=O) groups excluding carboxylic acids is 1. The van der Waals surface area contributed by atoms with Gasteiger partial charge >= 0.3 is 0 Å². The molecule has 0 radical (unpaired) electrons. The Kier molecular flexibility index (Phi) is 5.68. The number of pyridine rings is 1. The second kappa shape index (κ2) is 8.57. The van der Waals surface area contributed by atoms with Crippen LogP contribution < -0.4 is 15.8 Å². The van der Waals surface area contributed by atoms with Crippen LogP contribution in [-0.4, -0.2) is 63.4 Å². The van der Waals surface area contributed by atoms with Crippen molar-refractivity contribution in [2.24, 2.45) is 0 Å². The molecule has 2 N–H and O–H groups in total. The van der Waals surface area contributed by atoms with Gasteiger partial charge in [0.25, 0.3) is 11.5 Å². The lowest BCUT2D eigenvalue weighted by atomic mass is 10.2. The molecule has 160 valence electrons. The smallest absolute Gasteiger partial charge is 0.269 e. The van der Waals surface area contributed by atoms with E-state index in [-0.39, 0.29) is 22.9 Å². The first-order valence-corrected chi connectivity index (χ1v) is 10.2. The number of aromatic nitrogens is 4.